The molecule has 1 aliphatic rings. The van der Waals surface area contributed by atoms with Crippen molar-refractivity contribution in [2.24, 2.45) is 5.92 Å². The molecule has 0 aliphatic carbocycles. The number of anilines is 1. The van der Waals surface area contributed by atoms with Crippen LogP contribution in [-0.2, 0) is 0 Å². The molecule has 146 valence electrons. The lowest BCUT2D eigenvalue weighted by molar-refractivity contribution is 0.248. The number of piperidine rings is 1. The molecule has 3 rings (SSSR count). The van der Waals surface area contributed by atoms with Crippen molar-refractivity contribution in [1.29, 1.82) is 0 Å². The second kappa shape index (κ2) is 12.3. The molecular formula is C20H26Cl2N4O. The molecule has 0 saturated carbocycles. The van der Waals surface area contributed by atoms with Gasteiger partial charge in [-0.15, -0.1) is 24.8 Å². The third-order valence-corrected chi connectivity index (χ3v) is 4.31. The van der Waals surface area contributed by atoms with Gasteiger partial charge in [-0.2, -0.15) is 0 Å². The molecule has 27 heavy (non-hydrogen) atoms. The number of carbonyl (C=O) groups excluding carboxylic acids is 1. The summed E-state index contributed by atoms with van der Waals surface area (Å²) in [4.78, 5) is 16.2. The van der Waals surface area contributed by atoms with Crippen LogP contribution in [-0.4, -0.2) is 30.6 Å². The minimum Gasteiger partial charge on any atom is -0.338 e. The van der Waals surface area contributed by atoms with E-state index in [1.807, 2.05) is 54.6 Å². The molecule has 0 atom stereocenters. The van der Waals surface area contributed by atoms with Gasteiger partial charge in [-0.25, -0.2) is 4.79 Å². The van der Waals surface area contributed by atoms with Crippen LogP contribution in [0, 0.1) is 5.92 Å². The van der Waals surface area contributed by atoms with Crippen molar-refractivity contribution >= 4 is 48.7 Å². The zero-order valence-electron chi connectivity index (χ0n) is 15.1. The number of urea groups is 1. The molecule has 3 N–H and O–H groups in total. The summed E-state index contributed by atoms with van der Waals surface area (Å²) in [7, 11) is 0. The molecule has 0 spiro atoms. The van der Waals surface area contributed by atoms with Crippen LogP contribution >= 0.6 is 24.8 Å². The van der Waals surface area contributed by atoms with Gasteiger partial charge in [-0.3, -0.25) is 4.98 Å². The van der Waals surface area contributed by atoms with Gasteiger partial charge in [-0.1, -0.05) is 24.3 Å². The van der Waals surface area contributed by atoms with E-state index in [1.54, 1.807) is 6.20 Å². The van der Waals surface area contributed by atoms with Gasteiger partial charge in [0.2, 0.25) is 0 Å². The third-order valence-electron chi connectivity index (χ3n) is 4.31. The van der Waals surface area contributed by atoms with Crippen LogP contribution < -0.4 is 16.0 Å². The first-order valence-corrected chi connectivity index (χ1v) is 8.74. The van der Waals surface area contributed by atoms with Crippen LogP contribution in [0.1, 0.15) is 24.1 Å². The van der Waals surface area contributed by atoms with Crippen molar-refractivity contribution in [3.8, 4) is 0 Å². The van der Waals surface area contributed by atoms with E-state index in [-0.39, 0.29) is 30.8 Å². The van der Waals surface area contributed by atoms with Crippen LogP contribution in [0.2, 0.25) is 0 Å². The summed E-state index contributed by atoms with van der Waals surface area (Å²) in [6.45, 7) is 2.82. The monoisotopic (exact) mass is 408 g/mol. The molecule has 2 amide bonds. The van der Waals surface area contributed by atoms with Gasteiger partial charge in [0.25, 0.3) is 0 Å². The molecule has 0 bridgehead atoms. The lowest BCUT2D eigenvalue weighted by Gasteiger charge is -2.22. The van der Waals surface area contributed by atoms with Crippen LogP contribution in [0.25, 0.3) is 12.2 Å². The number of halogens is 2. The summed E-state index contributed by atoms with van der Waals surface area (Å²) in [5.41, 5.74) is 2.77. The van der Waals surface area contributed by atoms with E-state index < -0.39 is 0 Å². The number of nitrogens with one attached hydrogen (secondary N) is 3. The molecule has 2 heterocycles. The van der Waals surface area contributed by atoms with Crippen molar-refractivity contribution in [2.75, 3.05) is 25.0 Å². The second-order valence-corrected chi connectivity index (χ2v) is 6.24. The van der Waals surface area contributed by atoms with Gasteiger partial charge in [0, 0.05) is 18.4 Å². The quantitative estimate of drug-likeness (QED) is 0.693. The minimum absolute atomic E-state index is 0. The van der Waals surface area contributed by atoms with Crippen LogP contribution in [0.15, 0.2) is 48.7 Å². The van der Waals surface area contributed by atoms with Crippen molar-refractivity contribution < 1.29 is 4.79 Å². The van der Waals surface area contributed by atoms with Gasteiger partial charge in [0.1, 0.15) is 0 Å². The number of nitrogens with zero attached hydrogens (tertiary/aromatic N) is 1. The number of hydrogen-bond donors (Lipinski definition) is 3. The van der Waals surface area contributed by atoms with Crippen LogP contribution in [0.3, 0.4) is 0 Å². The van der Waals surface area contributed by atoms with E-state index in [0.29, 0.717) is 5.92 Å². The first-order chi connectivity index (χ1) is 12.3. The van der Waals surface area contributed by atoms with Crippen LogP contribution in [0.5, 0.6) is 0 Å². The Morgan fingerprint density at radius 3 is 2.48 bits per heavy atom. The van der Waals surface area contributed by atoms with Gasteiger partial charge in [-0.05, 0) is 67.8 Å². The fourth-order valence-corrected chi connectivity index (χ4v) is 2.83. The largest absolute Gasteiger partial charge is 0.338 e. The van der Waals surface area contributed by atoms with Crippen molar-refractivity contribution in [3.05, 3.63) is 59.9 Å². The Kier molecular flexibility index (Phi) is 10.5. The number of hydrogen-bond acceptors (Lipinski definition) is 3. The SMILES string of the molecule is Cl.Cl.O=C(NCC1CCNCC1)Nc1ccc(C=Cc2ccccn2)cc1. The lowest BCUT2D eigenvalue weighted by Crippen LogP contribution is -2.37. The molecule has 2 aromatic rings. The van der Waals surface area contributed by atoms with E-state index in [1.165, 1.54) is 0 Å². The number of amides is 2. The van der Waals surface area contributed by atoms with Crippen molar-refractivity contribution in [3.63, 3.8) is 0 Å². The molecule has 0 unspecified atom stereocenters. The Labute approximate surface area is 172 Å². The smallest absolute Gasteiger partial charge is 0.319 e. The minimum atomic E-state index is -0.143. The maximum atomic E-state index is 12.0. The highest BCUT2D eigenvalue weighted by Crippen LogP contribution is 2.13. The third kappa shape index (κ3) is 7.99. The summed E-state index contributed by atoms with van der Waals surface area (Å²) in [6.07, 6.45) is 7.99. The highest BCUT2D eigenvalue weighted by molar-refractivity contribution is 5.89. The number of pyridine rings is 1. The van der Waals surface area contributed by atoms with E-state index in [0.717, 1.165) is 49.4 Å². The maximum absolute atomic E-state index is 12.0. The second-order valence-electron chi connectivity index (χ2n) is 6.24. The van der Waals surface area contributed by atoms with Crippen molar-refractivity contribution in [1.82, 2.24) is 15.6 Å². The molecule has 7 heteroatoms. The fraction of sp³-hybridized carbons (Fsp3) is 0.300. The number of rotatable bonds is 5. The first-order valence-electron chi connectivity index (χ1n) is 8.74. The average molecular weight is 409 g/mol. The molecule has 1 fully saturated rings. The zero-order valence-corrected chi connectivity index (χ0v) is 16.7. The molecule has 1 saturated heterocycles. The predicted octanol–water partition coefficient (Wildman–Crippen LogP) is 4.22. The summed E-state index contributed by atoms with van der Waals surface area (Å²) in [5, 5.41) is 9.17. The number of aromatic nitrogens is 1. The Morgan fingerprint density at radius 1 is 1.07 bits per heavy atom. The lowest BCUT2D eigenvalue weighted by atomic mass is 9.98. The molecular weight excluding hydrogens is 383 g/mol. The summed E-state index contributed by atoms with van der Waals surface area (Å²) < 4.78 is 0. The first kappa shape index (κ1) is 23.0. The molecule has 0 radical (unpaired) electrons. The summed E-state index contributed by atoms with van der Waals surface area (Å²) >= 11 is 0. The molecule has 1 aromatic heterocycles. The molecule has 1 aromatic carbocycles. The van der Waals surface area contributed by atoms with Gasteiger partial charge < -0.3 is 16.0 Å². The van der Waals surface area contributed by atoms with Gasteiger partial charge in [0.15, 0.2) is 0 Å². The average Bonchev–Trinajstić information content (AvgIpc) is 2.67. The molecule has 5 nitrogen and oxygen atoms in total. The normalized spacial score (nSPS) is 14.1. The standard InChI is InChI=1S/C20H24N4O.2ClH/c25-20(23-15-17-10-13-21-14-11-17)24-19-8-5-16(6-9-19)4-7-18-3-1-2-12-22-18;;/h1-9,12,17,21H,10-11,13-15H2,(H2,23,24,25);2*1H. The number of benzene rings is 1. The Hall–Kier alpha value is -2.08. The van der Waals surface area contributed by atoms with E-state index in [4.69, 9.17) is 0 Å². The Morgan fingerprint density at radius 2 is 1.81 bits per heavy atom. The predicted molar refractivity (Wildman–Crippen MR) is 117 cm³/mol. The topological polar surface area (TPSA) is 66.1 Å². The molecule has 1 aliphatic heterocycles. The Balaban J connectivity index is 0.00000182. The summed E-state index contributed by atoms with van der Waals surface area (Å²) in [6, 6.07) is 13.4. The number of carbonyl (C=O) groups is 1. The Bertz CT molecular complexity index is 702. The fourth-order valence-electron chi connectivity index (χ4n) is 2.83. The van der Waals surface area contributed by atoms with Crippen LogP contribution in [0.4, 0.5) is 10.5 Å². The highest BCUT2D eigenvalue weighted by atomic mass is 35.5. The zero-order chi connectivity index (χ0) is 17.3. The van der Waals surface area contributed by atoms with E-state index in [9.17, 15) is 4.79 Å². The summed E-state index contributed by atoms with van der Waals surface area (Å²) in [5.74, 6) is 0.575. The maximum Gasteiger partial charge on any atom is 0.319 e. The van der Waals surface area contributed by atoms with Gasteiger partial charge >= 0.3 is 6.03 Å². The van der Waals surface area contributed by atoms with E-state index >= 15 is 0 Å². The van der Waals surface area contributed by atoms with E-state index in [2.05, 4.69) is 20.9 Å². The highest BCUT2D eigenvalue weighted by Gasteiger charge is 2.13. The van der Waals surface area contributed by atoms with Gasteiger partial charge in [0.05, 0.1) is 5.69 Å². The van der Waals surface area contributed by atoms with Crippen molar-refractivity contribution in [2.45, 2.75) is 12.8 Å².